The van der Waals surface area contributed by atoms with Crippen LogP contribution in [0, 0.1) is 30.6 Å². The zero-order valence-electron chi connectivity index (χ0n) is 19.4. The molecule has 7 nitrogen and oxygen atoms in total. The first-order valence-corrected chi connectivity index (χ1v) is 12.5. The minimum Gasteiger partial charge on any atom is -0.426 e. The molecule has 180 valence electrons. The fourth-order valence-electron chi connectivity index (χ4n) is 5.26. The minimum absolute atomic E-state index is 0.0156. The lowest BCUT2D eigenvalue weighted by Gasteiger charge is -2.22. The second-order valence-corrected chi connectivity index (χ2v) is 10.3. The van der Waals surface area contributed by atoms with Crippen LogP contribution < -0.4 is 14.5 Å². The predicted octanol–water partition coefficient (Wildman–Crippen LogP) is 4.42. The molecule has 2 fully saturated rings. The standard InChI is InChI=1S/C27H25BrN2O5/c1-15-4-3-5-21-24(15)26(33)30(25(21)32)22-11-10-20(12-16(22)2)35-27(34)17-13-23(31)29(14-17)19-8-6-18(28)7-9-19/h3-4,6-12,15,17,21,24H,5,13-14H2,1-2H3/t15-,17+,21+,24-/m0/s1. The Balaban J connectivity index is 1.28. The van der Waals surface area contributed by atoms with E-state index >= 15 is 0 Å². The first-order valence-electron chi connectivity index (χ1n) is 11.7. The van der Waals surface area contributed by atoms with Gasteiger partial charge in [0, 0.05) is 23.1 Å². The molecule has 0 N–H and O–H groups in total. The van der Waals surface area contributed by atoms with Gasteiger partial charge < -0.3 is 9.64 Å². The van der Waals surface area contributed by atoms with Crippen LogP contribution in [0.15, 0.2) is 59.1 Å². The third-order valence-electron chi connectivity index (χ3n) is 7.10. The van der Waals surface area contributed by atoms with E-state index in [4.69, 9.17) is 4.74 Å². The monoisotopic (exact) mass is 536 g/mol. The van der Waals surface area contributed by atoms with E-state index in [1.807, 2.05) is 43.3 Å². The number of aryl methyl sites for hydroxylation is 1. The number of amides is 3. The van der Waals surface area contributed by atoms with Crippen molar-refractivity contribution in [3.8, 4) is 5.75 Å². The second-order valence-electron chi connectivity index (χ2n) is 9.42. The lowest BCUT2D eigenvalue weighted by Crippen LogP contribution is -2.32. The largest absolute Gasteiger partial charge is 0.426 e. The summed E-state index contributed by atoms with van der Waals surface area (Å²) in [5, 5.41) is 0. The smallest absolute Gasteiger partial charge is 0.316 e. The molecule has 35 heavy (non-hydrogen) atoms. The Hall–Kier alpha value is -3.26. The molecule has 0 unspecified atom stereocenters. The summed E-state index contributed by atoms with van der Waals surface area (Å²) >= 11 is 3.38. The molecule has 8 heteroatoms. The van der Waals surface area contributed by atoms with Gasteiger partial charge in [0.15, 0.2) is 0 Å². The Morgan fingerprint density at radius 1 is 1.06 bits per heavy atom. The molecular formula is C27H25BrN2O5. The van der Waals surface area contributed by atoms with Gasteiger partial charge in [0.2, 0.25) is 17.7 Å². The van der Waals surface area contributed by atoms with Gasteiger partial charge in [0.1, 0.15) is 5.75 Å². The molecule has 3 aliphatic rings. The number of rotatable bonds is 4. The summed E-state index contributed by atoms with van der Waals surface area (Å²) < 4.78 is 6.50. The summed E-state index contributed by atoms with van der Waals surface area (Å²) in [6.45, 7) is 4.00. The molecule has 0 radical (unpaired) electrons. The number of carbonyl (C=O) groups excluding carboxylic acids is 4. The van der Waals surface area contributed by atoms with Crippen molar-refractivity contribution in [1.29, 1.82) is 0 Å². The van der Waals surface area contributed by atoms with Crippen LogP contribution in [-0.2, 0) is 19.2 Å². The fourth-order valence-corrected chi connectivity index (χ4v) is 5.53. The van der Waals surface area contributed by atoms with Gasteiger partial charge in [0.25, 0.3) is 0 Å². The highest BCUT2D eigenvalue weighted by Crippen LogP contribution is 2.41. The molecule has 2 aromatic rings. The fraction of sp³-hybridized carbons (Fsp3) is 0.333. The van der Waals surface area contributed by atoms with Crippen LogP contribution in [0.5, 0.6) is 5.75 Å². The lowest BCUT2D eigenvalue weighted by molar-refractivity contribution is -0.139. The molecule has 3 amide bonds. The number of benzene rings is 2. The van der Waals surface area contributed by atoms with Gasteiger partial charge in [-0.15, -0.1) is 0 Å². The van der Waals surface area contributed by atoms with E-state index < -0.39 is 11.9 Å². The number of esters is 1. The normalized spacial score (nSPS) is 25.9. The maximum atomic E-state index is 13.1. The molecule has 5 rings (SSSR count). The zero-order valence-corrected chi connectivity index (χ0v) is 21.0. The van der Waals surface area contributed by atoms with Gasteiger partial charge in [-0.2, -0.15) is 0 Å². The van der Waals surface area contributed by atoms with E-state index in [0.717, 1.165) is 10.2 Å². The summed E-state index contributed by atoms with van der Waals surface area (Å²) in [5.41, 5.74) is 1.91. The Labute approximate surface area is 211 Å². The Kier molecular flexibility index (Phi) is 6.09. The second kappa shape index (κ2) is 9.07. The summed E-state index contributed by atoms with van der Waals surface area (Å²) in [7, 11) is 0. The maximum Gasteiger partial charge on any atom is 0.316 e. The van der Waals surface area contributed by atoms with Crippen LogP contribution in [0.3, 0.4) is 0 Å². The average Bonchev–Trinajstić information content (AvgIpc) is 3.33. The van der Waals surface area contributed by atoms with E-state index in [1.54, 1.807) is 30.0 Å². The highest BCUT2D eigenvalue weighted by Gasteiger charge is 2.50. The van der Waals surface area contributed by atoms with Crippen LogP contribution in [0.2, 0.25) is 0 Å². The summed E-state index contributed by atoms with van der Waals surface area (Å²) in [5.74, 6) is -1.87. The van der Waals surface area contributed by atoms with E-state index in [9.17, 15) is 19.2 Å². The first-order chi connectivity index (χ1) is 16.7. The number of allylic oxidation sites excluding steroid dienone is 2. The van der Waals surface area contributed by atoms with Gasteiger partial charge in [0.05, 0.1) is 23.4 Å². The lowest BCUT2D eigenvalue weighted by atomic mass is 9.78. The van der Waals surface area contributed by atoms with Gasteiger partial charge in [-0.3, -0.25) is 19.2 Å². The van der Waals surface area contributed by atoms with Crippen LogP contribution >= 0.6 is 15.9 Å². The van der Waals surface area contributed by atoms with Crippen molar-refractivity contribution in [3.05, 3.63) is 64.7 Å². The highest BCUT2D eigenvalue weighted by molar-refractivity contribution is 9.10. The number of halogens is 1. The Bertz CT molecular complexity index is 1250. The van der Waals surface area contributed by atoms with Crippen molar-refractivity contribution < 1.29 is 23.9 Å². The van der Waals surface area contributed by atoms with Crippen molar-refractivity contribution in [2.24, 2.45) is 23.7 Å². The molecular weight excluding hydrogens is 512 g/mol. The molecule has 0 bridgehead atoms. The van der Waals surface area contributed by atoms with Crippen LogP contribution in [0.4, 0.5) is 11.4 Å². The summed E-state index contributed by atoms with van der Waals surface area (Å²) in [6.07, 6.45) is 4.62. The third kappa shape index (κ3) is 4.20. The van der Waals surface area contributed by atoms with Crippen molar-refractivity contribution in [3.63, 3.8) is 0 Å². The van der Waals surface area contributed by atoms with Crippen molar-refractivity contribution in [2.45, 2.75) is 26.7 Å². The number of nitrogens with zero attached hydrogens (tertiary/aromatic N) is 2. The van der Waals surface area contributed by atoms with Gasteiger partial charge in [-0.25, -0.2) is 4.90 Å². The van der Waals surface area contributed by atoms with Crippen LogP contribution in [0.1, 0.15) is 25.3 Å². The first kappa shape index (κ1) is 23.5. The van der Waals surface area contributed by atoms with Crippen molar-refractivity contribution in [2.75, 3.05) is 16.3 Å². The SMILES string of the molecule is Cc1cc(OC(=O)[C@@H]2CC(=O)N(c3ccc(Br)cc3)C2)ccc1N1C(=O)[C@H]2[C@@H](C)C=CC[C@H]2C1=O. The number of fused-ring (bicyclic) bond motifs is 1. The molecule has 0 aromatic heterocycles. The Morgan fingerprint density at radius 3 is 2.49 bits per heavy atom. The van der Waals surface area contributed by atoms with Crippen LogP contribution in [-0.4, -0.2) is 30.2 Å². The van der Waals surface area contributed by atoms with E-state index in [0.29, 0.717) is 23.4 Å². The number of ether oxygens (including phenoxy) is 1. The summed E-state index contributed by atoms with van der Waals surface area (Å²) in [4.78, 5) is 54.3. The molecule has 2 heterocycles. The van der Waals surface area contributed by atoms with Gasteiger partial charge in [-0.1, -0.05) is 35.0 Å². The van der Waals surface area contributed by atoms with Crippen LogP contribution in [0.25, 0.3) is 0 Å². The quantitative estimate of drug-likeness (QED) is 0.250. The molecule has 4 atom stereocenters. The molecule has 2 aromatic carbocycles. The number of carbonyl (C=O) groups is 4. The number of hydrogen-bond donors (Lipinski definition) is 0. The molecule has 2 saturated heterocycles. The zero-order chi connectivity index (χ0) is 24.9. The molecule has 2 aliphatic heterocycles. The average molecular weight is 537 g/mol. The van der Waals surface area contributed by atoms with E-state index in [1.165, 1.54) is 4.90 Å². The highest BCUT2D eigenvalue weighted by atomic mass is 79.9. The molecule has 1 aliphatic carbocycles. The molecule has 0 spiro atoms. The Morgan fingerprint density at radius 2 is 1.80 bits per heavy atom. The number of imide groups is 1. The summed E-state index contributed by atoms with van der Waals surface area (Å²) in [6, 6.07) is 12.2. The van der Waals surface area contributed by atoms with Crippen molar-refractivity contribution >= 4 is 51.0 Å². The maximum absolute atomic E-state index is 13.1. The predicted molar refractivity (Wildman–Crippen MR) is 134 cm³/mol. The van der Waals surface area contributed by atoms with Gasteiger partial charge in [-0.05, 0) is 67.3 Å². The van der Waals surface area contributed by atoms with Gasteiger partial charge >= 0.3 is 5.97 Å². The minimum atomic E-state index is -0.579. The third-order valence-corrected chi connectivity index (χ3v) is 7.63. The topological polar surface area (TPSA) is 84.0 Å². The number of anilines is 2. The van der Waals surface area contributed by atoms with E-state index in [2.05, 4.69) is 15.9 Å². The van der Waals surface area contributed by atoms with Crippen molar-refractivity contribution in [1.82, 2.24) is 0 Å². The van der Waals surface area contributed by atoms with E-state index in [-0.39, 0.29) is 48.4 Å². The number of hydrogen-bond acceptors (Lipinski definition) is 5. The molecule has 0 saturated carbocycles.